The Morgan fingerprint density at radius 1 is 1.28 bits per heavy atom. The maximum Gasteiger partial charge on any atom is 0.263 e. The van der Waals surface area contributed by atoms with Gasteiger partial charge in [0.2, 0.25) is 11.1 Å². The van der Waals surface area contributed by atoms with Crippen LogP contribution in [0, 0.1) is 6.92 Å². The third-order valence-corrected chi connectivity index (χ3v) is 4.91. The third kappa shape index (κ3) is 4.58. The van der Waals surface area contributed by atoms with Crippen molar-refractivity contribution in [3.05, 3.63) is 71.2 Å². The van der Waals surface area contributed by atoms with Gasteiger partial charge in [0.25, 0.3) is 5.91 Å². The van der Waals surface area contributed by atoms with E-state index in [0.717, 1.165) is 39.3 Å². The molecule has 4 aromatic rings. The maximum absolute atomic E-state index is 12.3. The number of hydrogen-bond acceptors (Lipinski definition) is 6. The van der Waals surface area contributed by atoms with E-state index in [1.165, 1.54) is 6.20 Å². The second-order valence-electron chi connectivity index (χ2n) is 6.28. The smallest absolute Gasteiger partial charge is 0.263 e. The maximum atomic E-state index is 12.3. The molecule has 3 heterocycles. The van der Waals surface area contributed by atoms with Crippen LogP contribution in [-0.2, 0) is 6.54 Å². The molecule has 0 bridgehead atoms. The van der Waals surface area contributed by atoms with Crippen molar-refractivity contribution in [2.24, 2.45) is 10.7 Å². The molecule has 0 saturated carbocycles. The molecule has 4 N–H and O–H groups in total. The van der Waals surface area contributed by atoms with Gasteiger partial charge >= 0.3 is 0 Å². The van der Waals surface area contributed by atoms with E-state index in [2.05, 4.69) is 25.6 Å². The van der Waals surface area contributed by atoms with Crippen molar-refractivity contribution in [3.63, 3.8) is 0 Å². The number of carbonyl (C=O) groups is 1. The number of benzene rings is 1. The van der Waals surface area contributed by atoms with Crippen LogP contribution in [0.5, 0.6) is 0 Å². The average molecular weight is 406 g/mol. The number of rotatable bonds is 5. The molecule has 9 heteroatoms. The number of guanidine groups is 1. The Kier molecular flexibility index (Phi) is 5.21. The Labute approximate surface area is 170 Å². The van der Waals surface area contributed by atoms with Gasteiger partial charge < -0.3 is 20.8 Å². The first-order valence-electron chi connectivity index (χ1n) is 8.81. The van der Waals surface area contributed by atoms with Gasteiger partial charge in [0.15, 0.2) is 0 Å². The molecule has 1 amide bonds. The Morgan fingerprint density at radius 2 is 2.17 bits per heavy atom. The van der Waals surface area contributed by atoms with E-state index < -0.39 is 0 Å². The summed E-state index contributed by atoms with van der Waals surface area (Å²) in [5.41, 5.74) is 8.49. The van der Waals surface area contributed by atoms with Crippen molar-refractivity contribution in [3.8, 4) is 0 Å². The molecular weight excluding hydrogens is 388 g/mol. The van der Waals surface area contributed by atoms with Crippen LogP contribution in [-0.4, -0.2) is 21.8 Å². The second-order valence-corrected chi connectivity index (χ2v) is 7.29. The van der Waals surface area contributed by atoms with E-state index in [-0.39, 0.29) is 11.9 Å². The highest BCUT2D eigenvalue weighted by Crippen LogP contribution is 2.24. The largest absolute Gasteiger partial charge is 0.461 e. The number of carbonyl (C=O) groups excluding carboxylic acids is 1. The van der Waals surface area contributed by atoms with E-state index in [9.17, 15) is 4.79 Å². The Hall–Kier alpha value is -3.72. The summed E-state index contributed by atoms with van der Waals surface area (Å²) < 4.78 is 5.56. The number of pyridine rings is 1. The topological polar surface area (TPSA) is 118 Å². The number of aryl methyl sites for hydroxylation is 1. The molecule has 0 atom stereocenters. The van der Waals surface area contributed by atoms with Gasteiger partial charge in [-0.25, -0.2) is 4.98 Å². The second kappa shape index (κ2) is 8.11. The van der Waals surface area contributed by atoms with E-state index in [1.807, 2.05) is 43.3 Å². The lowest BCUT2D eigenvalue weighted by Gasteiger charge is -2.04. The molecule has 0 spiro atoms. The van der Waals surface area contributed by atoms with Crippen LogP contribution in [0.4, 0.5) is 10.8 Å². The third-order valence-electron chi connectivity index (χ3n) is 4.02. The number of nitrogens with zero attached hydrogens (tertiary/aromatic N) is 3. The van der Waals surface area contributed by atoms with Gasteiger partial charge in [0.05, 0.1) is 6.20 Å². The number of hydrogen-bond donors (Lipinski definition) is 3. The van der Waals surface area contributed by atoms with Crippen molar-refractivity contribution < 1.29 is 9.21 Å². The lowest BCUT2D eigenvalue weighted by molar-refractivity contribution is 0.0954. The molecule has 8 nitrogen and oxygen atoms in total. The highest BCUT2D eigenvalue weighted by Gasteiger charge is 2.11. The SMILES string of the molecule is Cc1cc2cc(NC(N)=Nc3ncc(C(=O)NCc4cccnc4)s3)ccc2o1. The van der Waals surface area contributed by atoms with Crippen LogP contribution in [0.3, 0.4) is 0 Å². The molecule has 3 aromatic heterocycles. The fourth-order valence-corrected chi connectivity index (χ4v) is 3.44. The number of aromatic nitrogens is 2. The lowest BCUT2D eigenvalue weighted by Crippen LogP contribution is -2.22. The molecule has 29 heavy (non-hydrogen) atoms. The summed E-state index contributed by atoms with van der Waals surface area (Å²) in [6, 6.07) is 11.3. The number of thiazole rings is 1. The summed E-state index contributed by atoms with van der Waals surface area (Å²) >= 11 is 1.16. The minimum absolute atomic E-state index is 0.182. The van der Waals surface area contributed by atoms with E-state index in [4.69, 9.17) is 10.2 Å². The molecule has 0 aliphatic carbocycles. The number of nitrogens with one attached hydrogen (secondary N) is 2. The Bertz CT molecular complexity index is 1180. The first kappa shape index (κ1) is 18.6. The molecule has 146 valence electrons. The van der Waals surface area contributed by atoms with Gasteiger partial charge in [-0.2, -0.15) is 4.99 Å². The van der Waals surface area contributed by atoms with Crippen molar-refractivity contribution in [1.29, 1.82) is 0 Å². The van der Waals surface area contributed by atoms with Crippen LogP contribution < -0.4 is 16.4 Å². The summed E-state index contributed by atoms with van der Waals surface area (Å²) in [5, 5.41) is 7.21. The zero-order valence-corrected chi connectivity index (χ0v) is 16.4. The number of furan rings is 1. The van der Waals surface area contributed by atoms with Gasteiger partial charge in [-0.3, -0.25) is 9.78 Å². The van der Waals surface area contributed by atoms with Crippen molar-refractivity contribution in [2.45, 2.75) is 13.5 Å². The predicted octanol–water partition coefficient (Wildman–Crippen LogP) is 3.58. The fourth-order valence-electron chi connectivity index (χ4n) is 2.73. The molecule has 0 fully saturated rings. The number of anilines is 1. The average Bonchev–Trinajstić information content (AvgIpc) is 3.32. The molecule has 4 rings (SSSR count). The first-order chi connectivity index (χ1) is 14.1. The summed E-state index contributed by atoms with van der Waals surface area (Å²) in [5.74, 6) is 0.803. The molecule has 0 radical (unpaired) electrons. The van der Waals surface area contributed by atoms with Crippen molar-refractivity contribution in [2.75, 3.05) is 5.32 Å². The number of amides is 1. The quantitative estimate of drug-likeness (QED) is 0.344. The Balaban J connectivity index is 1.39. The molecule has 1 aromatic carbocycles. The first-order valence-corrected chi connectivity index (χ1v) is 9.63. The van der Waals surface area contributed by atoms with Gasteiger partial charge in [0, 0.05) is 30.0 Å². The highest BCUT2D eigenvalue weighted by atomic mass is 32.1. The normalized spacial score (nSPS) is 11.6. The minimum Gasteiger partial charge on any atom is -0.461 e. The summed E-state index contributed by atoms with van der Waals surface area (Å²) in [7, 11) is 0. The predicted molar refractivity (Wildman–Crippen MR) is 113 cm³/mol. The number of aliphatic imine (C=N–C) groups is 1. The standard InChI is InChI=1S/C20H18N6O2S/c1-12-7-14-8-15(4-5-16(14)28-12)25-19(21)26-20-24-11-17(29-20)18(27)23-10-13-3-2-6-22-9-13/h2-9,11H,10H2,1H3,(H,23,27)(H3,21,24,25,26). The monoisotopic (exact) mass is 406 g/mol. The van der Waals surface area contributed by atoms with Crippen LogP contribution in [0.2, 0.25) is 0 Å². The molecular formula is C20H18N6O2S. The van der Waals surface area contributed by atoms with Crippen LogP contribution in [0.1, 0.15) is 21.0 Å². The van der Waals surface area contributed by atoms with Gasteiger partial charge in [-0.05, 0) is 42.8 Å². The lowest BCUT2D eigenvalue weighted by atomic mass is 10.2. The molecule has 0 saturated heterocycles. The van der Waals surface area contributed by atoms with Crippen LogP contribution in [0.15, 0.2) is 64.4 Å². The van der Waals surface area contributed by atoms with Crippen molar-refractivity contribution in [1.82, 2.24) is 15.3 Å². The minimum atomic E-state index is -0.222. The number of fused-ring (bicyclic) bond motifs is 1. The zero-order chi connectivity index (χ0) is 20.2. The van der Waals surface area contributed by atoms with E-state index in [1.54, 1.807) is 12.4 Å². The molecule has 0 aliphatic heterocycles. The number of nitrogens with two attached hydrogens (primary N) is 1. The van der Waals surface area contributed by atoms with Crippen LogP contribution >= 0.6 is 11.3 Å². The summed E-state index contributed by atoms with van der Waals surface area (Å²) in [6.07, 6.45) is 4.87. The van der Waals surface area contributed by atoms with Crippen molar-refractivity contribution >= 4 is 45.0 Å². The Morgan fingerprint density at radius 3 is 3.00 bits per heavy atom. The van der Waals surface area contributed by atoms with Crippen LogP contribution in [0.25, 0.3) is 11.0 Å². The molecule has 0 unspecified atom stereocenters. The van der Waals surface area contributed by atoms with Gasteiger partial charge in [-0.15, -0.1) is 0 Å². The highest BCUT2D eigenvalue weighted by molar-refractivity contribution is 7.17. The van der Waals surface area contributed by atoms with E-state index in [0.29, 0.717) is 16.6 Å². The van der Waals surface area contributed by atoms with Gasteiger partial charge in [-0.1, -0.05) is 17.4 Å². The zero-order valence-electron chi connectivity index (χ0n) is 15.5. The van der Waals surface area contributed by atoms with E-state index >= 15 is 0 Å². The molecule has 0 aliphatic rings. The fraction of sp³-hybridized carbons (Fsp3) is 0.100. The van der Waals surface area contributed by atoms with Gasteiger partial charge in [0.1, 0.15) is 16.2 Å². The summed E-state index contributed by atoms with van der Waals surface area (Å²) in [6.45, 7) is 2.29. The summed E-state index contributed by atoms with van der Waals surface area (Å²) in [4.78, 5) is 25.1.